The molecule has 18 heavy (non-hydrogen) atoms. The minimum absolute atomic E-state index is 0.407. The number of hydrogen-bond acceptors (Lipinski definition) is 6. The summed E-state index contributed by atoms with van der Waals surface area (Å²) in [6, 6.07) is -0.629. The van der Waals surface area contributed by atoms with Crippen LogP contribution in [0.3, 0.4) is 0 Å². The first-order valence-corrected chi connectivity index (χ1v) is 6.03. The fourth-order valence-corrected chi connectivity index (χ4v) is 2.30. The van der Waals surface area contributed by atoms with Crippen LogP contribution in [0.4, 0.5) is 0 Å². The lowest BCUT2D eigenvalue weighted by Crippen LogP contribution is -2.52. The van der Waals surface area contributed by atoms with Crippen molar-refractivity contribution < 1.29 is 19.1 Å². The molecule has 1 aromatic rings. The van der Waals surface area contributed by atoms with Crippen molar-refractivity contribution in [3.8, 4) is 0 Å². The summed E-state index contributed by atoms with van der Waals surface area (Å²) < 4.78 is 10.1. The molecule has 2 heterocycles. The molecule has 0 spiro atoms. The summed E-state index contributed by atoms with van der Waals surface area (Å²) in [6.45, 7) is 2.95. The number of piperidine rings is 1. The summed E-state index contributed by atoms with van der Waals surface area (Å²) in [4.78, 5) is 17.7. The summed E-state index contributed by atoms with van der Waals surface area (Å²) in [6.07, 6.45) is 2.40. The molecule has 0 bridgehead atoms. The second-order valence-electron chi connectivity index (χ2n) is 4.51. The van der Waals surface area contributed by atoms with E-state index >= 15 is 0 Å². The molecule has 0 saturated carbocycles. The van der Waals surface area contributed by atoms with Crippen LogP contribution >= 0.6 is 0 Å². The van der Waals surface area contributed by atoms with Crippen LogP contribution in [0.1, 0.15) is 24.5 Å². The Kier molecular flexibility index (Phi) is 3.98. The van der Waals surface area contributed by atoms with Gasteiger partial charge in [-0.2, -0.15) is 0 Å². The number of hydrogen-bond donors (Lipinski definition) is 1. The second kappa shape index (κ2) is 5.49. The van der Waals surface area contributed by atoms with Crippen molar-refractivity contribution in [1.29, 1.82) is 0 Å². The highest BCUT2D eigenvalue weighted by atomic mass is 16.5. The Morgan fingerprint density at radius 3 is 3.11 bits per heavy atom. The molecule has 0 aromatic carbocycles. The zero-order valence-electron chi connectivity index (χ0n) is 10.6. The largest absolute Gasteiger partial charge is 0.468 e. The molecule has 1 N–H and O–H groups in total. The number of carbonyl (C=O) groups excluding carboxylic acids is 1. The van der Waals surface area contributed by atoms with Crippen molar-refractivity contribution in [2.45, 2.75) is 38.5 Å². The highest BCUT2D eigenvalue weighted by molar-refractivity contribution is 5.76. The first-order chi connectivity index (χ1) is 8.61. The van der Waals surface area contributed by atoms with Crippen LogP contribution in [-0.2, 0) is 16.1 Å². The van der Waals surface area contributed by atoms with E-state index in [1.807, 2.05) is 11.8 Å². The number of rotatable bonds is 3. The first-order valence-electron chi connectivity index (χ1n) is 6.03. The molecule has 1 aliphatic heterocycles. The van der Waals surface area contributed by atoms with Crippen LogP contribution in [0.5, 0.6) is 0 Å². The van der Waals surface area contributed by atoms with Crippen LogP contribution < -0.4 is 0 Å². The molecule has 1 aliphatic rings. The van der Waals surface area contributed by atoms with E-state index in [1.165, 1.54) is 7.11 Å². The number of nitrogens with zero attached hydrogens (tertiary/aromatic N) is 2. The average Bonchev–Trinajstić information content (AvgIpc) is 2.74. The molecule has 1 aromatic heterocycles. The molecule has 6 nitrogen and oxygen atoms in total. The fourth-order valence-electron chi connectivity index (χ4n) is 2.30. The molecule has 0 amide bonds. The Balaban J connectivity index is 2.10. The van der Waals surface area contributed by atoms with Gasteiger partial charge >= 0.3 is 5.97 Å². The zero-order valence-corrected chi connectivity index (χ0v) is 10.6. The first kappa shape index (κ1) is 13.0. The third-order valence-electron chi connectivity index (χ3n) is 3.15. The van der Waals surface area contributed by atoms with E-state index in [0.29, 0.717) is 18.9 Å². The van der Waals surface area contributed by atoms with Crippen molar-refractivity contribution in [3.63, 3.8) is 0 Å². The third-order valence-corrected chi connectivity index (χ3v) is 3.15. The van der Waals surface area contributed by atoms with Gasteiger partial charge in [0.1, 0.15) is 11.8 Å². The number of carbonyl (C=O) groups is 1. The van der Waals surface area contributed by atoms with Crippen molar-refractivity contribution in [2.24, 2.45) is 0 Å². The maximum Gasteiger partial charge on any atom is 0.325 e. The summed E-state index contributed by atoms with van der Waals surface area (Å²) in [5.41, 5.74) is 0. The maximum atomic E-state index is 11.7. The lowest BCUT2D eigenvalue weighted by molar-refractivity contribution is -0.154. The molecule has 2 rings (SSSR count). The van der Waals surface area contributed by atoms with E-state index in [9.17, 15) is 9.90 Å². The van der Waals surface area contributed by atoms with Gasteiger partial charge < -0.3 is 14.3 Å². The van der Waals surface area contributed by atoms with E-state index in [-0.39, 0.29) is 0 Å². The lowest BCUT2D eigenvalue weighted by atomic mass is 9.99. The minimum atomic E-state index is -0.692. The molecular weight excluding hydrogens is 236 g/mol. The third kappa shape index (κ3) is 2.70. The van der Waals surface area contributed by atoms with Gasteiger partial charge in [0.15, 0.2) is 0 Å². The van der Waals surface area contributed by atoms with Gasteiger partial charge in [-0.3, -0.25) is 9.69 Å². The molecular formula is C12H18N2O4. The Morgan fingerprint density at radius 2 is 2.50 bits per heavy atom. The van der Waals surface area contributed by atoms with E-state index in [1.54, 1.807) is 6.20 Å². The standard InChI is InChI=1S/C12H18N2O4/c1-8-6-13-10(18-8)7-14-5-3-4-9(15)11(14)12(16)17-2/h6,9,11,15H,3-5,7H2,1-2H3/t9-,11+/m0/s1. The number of likely N-dealkylation sites (tertiary alicyclic amines) is 1. The molecule has 1 fully saturated rings. The smallest absolute Gasteiger partial charge is 0.325 e. The fraction of sp³-hybridized carbons (Fsp3) is 0.667. The van der Waals surface area contributed by atoms with Crippen molar-refractivity contribution in [1.82, 2.24) is 9.88 Å². The van der Waals surface area contributed by atoms with Gasteiger partial charge in [0.25, 0.3) is 0 Å². The highest BCUT2D eigenvalue weighted by Crippen LogP contribution is 2.21. The van der Waals surface area contributed by atoms with Crippen LogP contribution in [0.25, 0.3) is 0 Å². The van der Waals surface area contributed by atoms with Gasteiger partial charge in [0.05, 0.1) is 26.0 Å². The zero-order chi connectivity index (χ0) is 13.1. The number of aliphatic hydroxyl groups is 1. The van der Waals surface area contributed by atoms with E-state index in [2.05, 4.69) is 4.98 Å². The van der Waals surface area contributed by atoms with Gasteiger partial charge in [-0.15, -0.1) is 0 Å². The number of ether oxygens (including phenoxy) is 1. The van der Waals surface area contributed by atoms with Gasteiger partial charge in [0.2, 0.25) is 5.89 Å². The highest BCUT2D eigenvalue weighted by Gasteiger charge is 2.37. The summed E-state index contributed by atoms with van der Waals surface area (Å²) in [5, 5.41) is 9.93. The lowest BCUT2D eigenvalue weighted by Gasteiger charge is -2.36. The minimum Gasteiger partial charge on any atom is -0.468 e. The van der Waals surface area contributed by atoms with Gasteiger partial charge in [0, 0.05) is 0 Å². The van der Waals surface area contributed by atoms with Gasteiger partial charge in [-0.25, -0.2) is 4.98 Å². The number of aromatic nitrogens is 1. The molecule has 6 heteroatoms. The average molecular weight is 254 g/mol. The number of esters is 1. The molecule has 0 radical (unpaired) electrons. The normalized spacial score (nSPS) is 25.1. The number of aliphatic hydroxyl groups excluding tert-OH is 1. The SMILES string of the molecule is COC(=O)[C@H]1[C@@H](O)CCCN1Cc1ncc(C)o1. The van der Waals surface area contributed by atoms with Crippen molar-refractivity contribution >= 4 is 5.97 Å². The molecule has 100 valence electrons. The summed E-state index contributed by atoms with van der Waals surface area (Å²) in [5.74, 6) is 0.873. The van der Waals surface area contributed by atoms with E-state index in [4.69, 9.17) is 9.15 Å². The van der Waals surface area contributed by atoms with Crippen molar-refractivity contribution in [3.05, 3.63) is 17.8 Å². The summed E-state index contributed by atoms with van der Waals surface area (Å²) >= 11 is 0. The summed E-state index contributed by atoms with van der Waals surface area (Å²) in [7, 11) is 1.33. The Labute approximate surface area is 106 Å². The number of aryl methyl sites for hydroxylation is 1. The van der Waals surface area contributed by atoms with E-state index in [0.717, 1.165) is 18.7 Å². The van der Waals surface area contributed by atoms with Crippen molar-refractivity contribution in [2.75, 3.05) is 13.7 Å². The topological polar surface area (TPSA) is 75.8 Å². The maximum absolute atomic E-state index is 11.7. The van der Waals surface area contributed by atoms with Gasteiger partial charge in [-0.05, 0) is 26.3 Å². The predicted octanol–water partition coefficient (Wildman–Crippen LogP) is 0.481. The monoisotopic (exact) mass is 254 g/mol. The van der Waals surface area contributed by atoms with Crippen LogP contribution in [0.2, 0.25) is 0 Å². The van der Waals surface area contributed by atoms with E-state index < -0.39 is 18.1 Å². The molecule has 0 unspecified atom stereocenters. The number of oxazole rings is 1. The molecule has 2 atom stereocenters. The molecule has 0 aliphatic carbocycles. The number of methoxy groups -OCH3 is 1. The quantitative estimate of drug-likeness (QED) is 0.791. The Morgan fingerprint density at radius 1 is 1.72 bits per heavy atom. The second-order valence-corrected chi connectivity index (χ2v) is 4.51. The van der Waals surface area contributed by atoms with Crippen LogP contribution in [-0.4, -0.2) is 46.8 Å². The van der Waals surface area contributed by atoms with Crippen LogP contribution in [0, 0.1) is 6.92 Å². The molecule has 1 saturated heterocycles. The Bertz CT molecular complexity index is 418. The van der Waals surface area contributed by atoms with Gasteiger partial charge in [-0.1, -0.05) is 0 Å². The predicted molar refractivity (Wildman–Crippen MR) is 62.7 cm³/mol. The van der Waals surface area contributed by atoms with Crippen LogP contribution in [0.15, 0.2) is 10.6 Å². The Hall–Kier alpha value is -1.40.